The maximum absolute atomic E-state index is 12.7. The van der Waals surface area contributed by atoms with Crippen molar-refractivity contribution in [3.05, 3.63) is 117 Å². The summed E-state index contributed by atoms with van der Waals surface area (Å²) in [5, 5.41) is 7.45. The summed E-state index contributed by atoms with van der Waals surface area (Å²) in [6.45, 7) is 4.00. The molecule has 2 aromatic rings. The lowest BCUT2D eigenvalue weighted by atomic mass is 9.74. The van der Waals surface area contributed by atoms with Crippen LogP contribution in [-0.4, -0.2) is 22.1 Å². The molecule has 1 aliphatic heterocycles. The smallest absolute Gasteiger partial charge is 0.271 e. The lowest BCUT2D eigenvalue weighted by molar-refractivity contribution is 0.162. The highest BCUT2D eigenvalue weighted by Gasteiger charge is 2.43. The summed E-state index contributed by atoms with van der Waals surface area (Å²) < 4.78 is 0. The molecule has 0 fully saturated rings. The largest absolute Gasteiger partial charge is 0.288 e. The number of H-pyrrole nitrogens is 1. The van der Waals surface area contributed by atoms with Crippen LogP contribution in [0.4, 0.5) is 0 Å². The number of benzene rings is 1. The molecule has 164 valence electrons. The minimum atomic E-state index is -0.120. The van der Waals surface area contributed by atoms with Crippen LogP contribution >= 0.6 is 0 Å². The minimum Gasteiger partial charge on any atom is -0.288 e. The summed E-state index contributed by atoms with van der Waals surface area (Å²) in [5.74, 6) is 0.0490. The van der Waals surface area contributed by atoms with Gasteiger partial charge in [0, 0.05) is 23.1 Å². The third kappa shape index (κ3) is 3.98. The number of aromatic amines is 1. The van der Waals surface area contributed by atoms with Crippen molar-refractivity contribution in [1.29, 1.82) is 0 Å². The van der Waals surface area contributed by atoms with Crippen molar-refractivity contribution < 1.29 is 0 Å². The molecule has 0 spiro atoms. The second kappa shape index (κ2) is 9.92. The van der Waals surface area contributed by atoms with Gasteiger partial charge < -0.3 is 0 Å². The van der Waals surface area contributed by atoms with Gasteiger partial charge in [-0.25, -0.2) is 5.10 Å². The molecular formula is C28H31N3O. The van der Waals surface area contributed by atoms with Gasteiger partial charge in [-0.05, 0) is 25.5 Å². The van der Waals surface area contributed by atoms with Crippen molar-refractivity contribution in [2.24, 2.45) is 0 Å². The average Bonchev–Trinajstić information content (AvgIpc) is 3.09. The van der Waals surface area contributed by atoms with E-state index in [2.05, 4.69) is 95.0 Å². The van der Waals surface area contributed by atoms with E-state index in [4.69, 9.17) is 0 Å². The highest BCUT2D eigenvalue weighted by atomic mass is 16.1. The number of nitrogens with one attached hydrogen (secondary N) is 1. The second-order valence-corrected chi connectivity index (χ2v) is 8.03. The SMILES string of the molecule is CC.CN1C2C=CC/C=C\c3c2c(n[nH]c3=O)C(C2=CC=CC=CC2)C1c1ccccc1. The highest BCUT2D eigenvalue weighted by molar-refractivity contribution is 5.59. The highest BCUT2D eigenvalue weighted by Crippen LogP contribution is 2.51. The van der Waals surface area contributed by atoms with Crippen molar-refractivity contribution in [2.45, 2.75) is 44.7 Å². The normalized spacial score (nSPS) is 24.8. The summed E-state index contributed by atoms with van der Waals surface area (Å²) in [6.07, 6.45) is 20.8. The van der Waals surface area contributed by atoms with Crippen LogP contribution in [-0.2, 0) is 0 Å². The molecule has 3 aliphatic rings. The Morgan fingerprint density at radius 2 is 1.84 bits per heavy atom. The van der Waals surface area contributed by atoms with E-state index in [-0.39, 0.29) is 23.6 Å². The van der Waals surface area contributed by atoms with Crippen LogP contribution in [0, 0.1) is 0 Å². The summed E-state index contributed by atoms with van der Waals surface area (Å²) >= 11 is 0. The molecule has 0 radical (unpaired) electrons. The Bertz CT molecular complexity index is 1150. The Morgan fingerprint density at radius 1 is 1.03 bits per heavy atom. The van der Waals surface area contributed by atoms with Gasteiger partial charge in [0.25, 0.3) is 5.56 Å². The second-order valence-electron chi connectivity index (χ2n) is 8.03. The fourth-order valence-electron chi connectivity index (χ4n) is 4.95. The summed E-state index contributed by atoms with van der Waals surface area (Å²) in [7, 11) is 2.17. The number of aromatic nitrogens is 2. The first-order valence-electron chi connectivity index (χ1n) is 11.5. The van der Waals surface area contributed by atoms with Crippen LogP contribution in [0.15, 0.2) is 89.3 Å². The van der Waals surface area contributed by atoms with Gasteiger partial charge in [-0.15, -0.1) is 0 Å². The van der Waals surface area contributed by atoms with Gasteiger partial charge in [0.2, 0.25) is 0 Å². The van der Waals surface area contributed by atoms with E-state index in [9.17, 15) is 4.79 Å². The van der Waals surface area contributed by atoms with E-state index in [0.29, 0.717) is 0 Å². The van der Waals surface area contributed by atoms with Crippen LogP contribution in [0.2, 0.25) is 0 Å². The van der Waals surface area contributed by atoms with Gasteiger partial charge in [-0.3, -0.25) is 9.69 Å². The van der Waals surface area contributed by atoms with Crippen LogP contribution in [0.5, 0.6) is 0 Å². The summed E-state index contributed by atoms with van der Waals surface area (Å²) in [4.78, 5) is 15.1. The Labute approximate surface area is 190 Å². The van der Waals surface area contributed by atoms with E-state index < -0.39 is 0 Å². The van der Waals surface area contributed by atoms with Gasteiger partial charge in [0.1, 0.15) is 0 Å². The zero-order chi connectivity index (χ0) is 22.5. The number of hydrogen-bond donors (Lipinski definition) is 1. The van der Waals surface area contributed by atoms with Gasteiger partial charge in [0.15, 0.2) is 0 Å². The molecule has 0 saturated heterocycles. The van der Waals surface area contributed by atoms with Crippen molar-refractivity contribution >= 4 is 6.08 Å². The topological polar surface area (TPSA) is 49.0 Å². The molecule has 0 bridgehead atoms. The van der Waals surface area contributed by atoms with E-state index in [1.165, 1.54) is 11.1 Å². The first-order chi connectivity index (χ1) is 15.8. The van der Waals surface area contributed by atoms with Gasteiger partial charge in [-0.2, -0.15) is 5.10 Å². The number of rotatable bonds is 2. The molecule has 0 saturated carbocycles. The maximum atomic E-state index is 12.7. The van der Waals surface area contributed by atoms with Crippen LogP contribution in [0.1, 0.15) is 67.1 Å². The quantitative estimate of drug-likeness (QED) is 0.598. The lowest BCUT2D eigenvalue weighted by Crippen LogP contribution is -2.41. The third-order valence-corrected chi connectivity index (χ3v) is 6.31. The summed E-state index contributed by atoms with van der Waals surface area (Å²) in [6, 6.07) is 10.8. The van der Waals surface area contributed by atoms with Crippen LogP contribution in [0.25, 0.3) is 6.08 Å². The van der Waals surface area contributed by atoms with E-state index in [1.54, 1.807) is 0 Å². The Balaban J connectivity index is 0.00000119. The zero-order valence-corrected chi connectivity index (χ0v) is 19.0. The Kier molecular flexibility index (Phi) is 6.81. The summed E-state index contributed by atoms with van der Waals surface area (Å²) in [5.41, 5.74) is 5.19. The predicted octanol–water partition coefficient (Wildman–Crippen LogP) is 6.02. The van der Waals surface area contributed by atoms with Crippen molar-refractivity contribution in [1.82, 2.24) is 15.1 Å². The molecule has 3 atom stereocenters. The molecule has 1 N–H and O–H groups in total. The van der Waals surface area contributed by atoms with Crippen molar-refractivity contribution in [2.75, 3.05) is 7.05 Å². The molecule has 2 heterocycles. The van der Waals surface area contributed by atoms with E-state index in [0.717, 1.165) is 29.7 Å². The van der Waals surface area contributed by atoms with Crippen molar-refractivity contribution in [3.8, 4) is 0 Å². The average molecular weight is 426 g/mol. The molecule has 5 rings (SSSR count). The Morgan fingerprint density at radius 3 is 2.66 bits per heavy atom. The molecular weight excluding hydrogens is 394 g/mol. The molecule has 4 nitrogen and oxygen atoms in total. The molecule has 4 heteroatoms. The third-order valence-electron chi connectivity index (χ3n) is 6.31. The number of likely N-dealkylation sites (N-methyl/N-ethyl adjacent to an activating group) is 1. The Hall–Kier alpha value is -3.24. The number of hydrogen-bond acceptors (Lipinski definition) is 3. The first-order valence-corrected chi connectivity index (χ1v) is 11.5. The van der Waals surface area contributed by atoms with Crippen LogP contribution < -0.4 is 5.56 Å². The lowest BCUT2D eigenvalue weighted by Gasteiger charge is -2.45. The molecule has 32 heavy (non-hydrogen) atoms. The minimum absolute atomic E-state index is 0.00803. The zero-order valence-electron chi connectivity index (χ0n) is 19.0. The maximum Gasteiger partial charge on any atom is 0.271 e. The fourth-order valence-corrected chi connectivity index (χ4v) is 4.95. The molecule has 3 unspecified atom stereocenters. The number of nitrogens with zero attached hydrogens (tertiary/aromatic N) is 2. The number of allylic oxidation sites excluding steroid dienone is 7. The molecule has 2 aliphatic carbocycles. The van der Waals surface area contributed by atoms with Crippen LogP contribution in [0.3, 0.4) is 0 Å². The van der Waals surface area contributed by atoms with Gasteiger partial charge >= 0.3 is 0 Å². The molecule has 0 amide bonds. The van der Waals surface area contributed by atoms with E-state index in [1.807, 2.05) is 26.0 Å². The van der Waals surface area contributed by atoms with E-state index >= 15 is 0 Å². The van der Waals surface area contributed by atoms with Gasteiger partial charge in [0.05, 0.1) is 11.7 Å². The first kappa shape index (κ1) is 22.0. The monoisotopic (exact) mass is 425 g/mol. The molecule has 1 aromatic carbocycles. The molecule has 1 aromatic heterocycles. The predicted molar refractivity (Wildman–Crippen MR) is 132 cm³/mol. The van der Waals surface area contributed by atoms with Crippen molar-refractivity contribution in [3.63, 3.8) is 0 Å². The fraction of sp³-hybridized carbons (Fsp3) is 0.286. The van der Waals surface area contributed by atoms with Gasteiger partial charge in [-0.1, -0.05) is 104 Å². The standard InChI is InChI=1S/C26H25N3O.C2H6/c1-29-21-17-11-5-10-16-20-23(21)24(27-28-26(20)30)22(18-12-6-2-3-7-13-18)25(29)19-14-8-4-9-15-19;1-2/h2-4,6-12,14-17,21-22,25H,5,13H2,1H3,(H,28,30);1-2H3/b16-10-,17-11?;.